The fourth-order valence-corrected chi connectivity index (χ4v) is 2.21. The lowest BCUT2D eigenvalue weighted by molar-refractivity contribution is -0.135. The molecule has 4 N–H and O–H groups in total. The Morgan fingerprint density at radius 2 is 1.92 bits per heavy atom. The Hall–Kier alpha value is -1.83. The Bertz CT molecular complexity index is 610. The molecule has 0 bridgehead atoms. The minimum atomic E-state index is -0.435. The second-order valence-corrected chi connectivity index (χ2v) is 5.81. The van der Waals surface area contributed by atoms with Gasteiger partial charge in [0.05, 0.1) is 30.3 Å². The van der Waals surface area contributed by atoms with Crippen LogP contribution in [0.15, 0.2) is 18.2 Å². The number of nitrogens with zero attached hydrogens (tertiary/aromatic N) is 1. The van der Waals surface area contributed by atoms with Gasteiger partial charge in [0.15, 0.2) is 0 Å². The molecule has 7 nitrogen and oxygen atoms in total. The lowest BCUT2D eigenvalue weighted by Crippen LogP contribution is -2.45. The lowest BCUT2D eigenvalue weighted by atomic mass is 10.3. The molecule has 0 unspecified atom stereocenters. The second kappa shape index (κ2) is 10.1. The number of carbonyl (C=O) groups is 3. The molecule has 0 atom stereocenters. The highest BCUT2D eigenvalue weighted by Crippen LogP contribution is 2.25. The van der Waals surface area contributed by atoms with Gasteiger partial charge in [-0.25, -0.2) is 0 Å². The van der Waals surface area contributed by atoms with Gasteiger partial charge in [-0.3, -0.25) is 14.4 Å². The number of hydrogen-bond donors (Lipinski definition) is 3. The van der Waals surface area contributed by atoms with E-state index in [9.17, 15) is 14.4 Å². The maximum absolute atomic E-state index is 12.1. The summed E-state index contributed by atoms with van der Waals surface area (Å²) in [6.07, 6.45) is 0.668. The van der Waals surface area contributed by atoms with Crippen LogP contribution in [0.5, 0.6) is 0 Å². The van der Waals surface area contributed by atoms with E-state index in [0.717, 1.165) is 0 Å². The Morgan fingerprint density at radius 1 is 1.21 bits per heavy atom. The average Bonchev–Trinajstić information content (AvgIpc) is 2.55. The van der Waals surface area contributed by atoms with E-state index in [4.69, 9.17) is 28.9 Å². The Labute approximate surface area is 150 Å². The summed E-state index contributed by atoms with van der Waals surface area (Å²) < 4.78 is 0. The van der Waals surface area contributed by atoms with E-state index in [1.165, 1.54) is 11.0 Å². The molecule has 0 radical (unpaired) electrons. The summed E-state index contributed by atoms with van der Waals surface area (Å²) in [5.74, 6) is -1.22. The summed E-state index contributed by atoms with van der Waals surface area (Å²) >= 11 is 11.9. The topological polar surface area (TPSA) is 105 Å². The molecule has 0 spiro atoms. The van der Waals surface area contributed by atoms with Crippen LogP contribution in [0.1, 0.15) is 13.3 Å². The molecule has 1 rings (SSSR count). The number of hydrogen-bond acceptors (Lipinski definition) is 4. The van der Waals surface area contributed by atoms with Crippen molar-refractivity contribution >= 4 is 46.6 Å². The number of halogens is 2. The molecule has 0 saturated heterocycles. The first-order valence-electron chi connectivity index (χ1n) is 7.36. The maximum atomic E-state index is 12.1. The van der Waals surface area contributed by atoms with Gasteiger partial charge in [-0.15, -0.1) is 0 Å². The van der Waals surface area contributed by atoms with Crippen LogP contribution >= 0.6 is 23.2 Å². The van der Waals surface area contributed by atoms with Crippen LogP contribution in [0.3, 0.4) is 0 Å². The Morgan fingerprint density at radius 3 is 2.54 bits per heavy atom. The number of anilines is 1. The predicted octanol–water partition coefficient (Wildman–Crippen LogP) is 1.25. The van der Waals surface area contributed by atoms with E-state index in [2.05, 4.69) is 10.6 Å². The summed E-state index contributed by atoms with van der Waals surface area (Å²) in [6.45, 7) is 1.70. The number of nitrogens with one attached hydrogen (secondary N) is 2. The molecular weight excluding hydrogens is 355 g/mol. The predicted molar refractivity (Wildman–Crippen MR) is 94.0 cm³/mol. The van der Waals surface area contributed by atoms with Crippen LogP contribution in [0.25, 0.3) is 0 Å². The average molecular weight is 375 g/mol. The summed E-state index contributed by atoms with van der Waals surface area (Å²) in [5, 5.41) is 5.77. The summed E-state index contributed by atoms with van der Waals surface area (Å²) in [5.41, 5.74) is 5.53. The van der Waals surface area contributed by atoms with Crippen LogP contribution in [0, 0.1) is 0 Å². The zero-order valence-corrected chi connectivity index (χ0v) is 14.8. The highest BCUT2D eigenvalue weighted by atomic mass is 35.5. The first kappa shape index (κ1) is 20.2. The van der Waals surface area contributed by atoms with Crippen LogP contribution in [-0.4, -0.2) is 48.8 Å². The third kappa shape index (κ3) is 6.74. The zero-order valence-electron chi connectivity index (χ0n) is 13.3. The van der Waals surface area contributed by atoms with Gasteiger partial charge in [0.25, 0.3) is 0 Å². The molecular formula is C15H20Cl2N4O3. The highest BCUT2D eigenvalue weighted by molar-refractivity contribution is 6.35. The standard InChI is InChI=1S/C15H20Cl2N4O3/c1-2-5-21(15(24)8-19-13(22)7-18)9-14(23)20-12-6-10(16)3-4-11(12)17/h3-4,6H,2,5,7-9,18H2,1H3,(H,19,22)(H,20,23). The van der Waals surface area contributed by atoms with E-state index in [-0.39, 0.29) is 25.5 Å². The van der Waals surface area contributed by atoms with Crippen molar-refractivity contribution in [3.8, 4) is 0 Å². The van der Waals surface area contributed by atoms with E-state index in [1.54, 1.807) is 12.1 Å². The minimum absolute atomic E-state index is 0.159. The van der Waals surface area contributed by atoms with Gasteiger partial charge in [0.2, 0.25) is 17.7 Å². The van der Waals surface area contributed by atoms with Crippen molar-refractivity contribution < 1.29 is 14.4 Å². The molecule has 0 aromatic heterocycles. The first-order valence-corrected chi connectivity index (χ1v) is 8.12. The number of amides is 3. The summed E-state index contributed by atoms with van der Waals surface area (Å²) in [7, 11) is 0. The van der Waals surface area contributed by atoms with Gasteiger partial charge in [-0.1, -0.05) is 30.1 Å². The van der Waals surface area contributed by atoms with Crippen molar-refractivity contribution in [1.82, 2.24) is 10.2 Å². The molecule has 0 heterocycles. The Kier molecular flexibility index (Phi) is 8.53. The molecule has 3 amide bonds. The highest BCUT2D eigenvalue weighted by Gasteiger charge is 2.17. The van der Waals surface area contributed by atoms with Crippen molar-refractivity contribution in [3.05, 3.63) is 28.2 Å². The van der Waals surface area contributed by atoms with Crippen LogP contribution in [-0.2, 0) is 14.4 Å². The fourth-order valence-electron chi connectivity index (χ4n) is 1.88. The fraction of sp³-hybridized carbons (Fsp3) is 0.400. The third-order valence-corrected chi connectivity index (χ3v) is 3.57. The molecule has 1 aromatic rings. The van der Waals surface area contributed by atoms with Gasteiger partial charge in [0, 0.05) is 11.6 Å². The summed E-state index contributed by atoms with van der Waals surface area (Å²) in [6, 6.07) is 4.69. The molecule has 0 fully saturated rings. The number of benzene rings is 1. The largest absolute Gasteiger partial charge is 0.346 e. The SMILES string of the molecule is CCCN(CC(=O)Nc1cc(Cl)ccc1Cl)C(=O)CNC(=O)CN. The lowest BCUT2D eigenvalue weighted by Gasteiger charge is -2.22. The molecule has 1 aromatic carbocycles. The van der Waals surface area contributed by atoms with E-state index >= 15 is 0 Å². The molecule has 0 saturated carbocycles. The van der Waals surface area contributed by atoms with Crippen molar-refractivity contribution in [3.63, 3.8) is 0 Å². The molecule has 0 aliphatic rings. The van der Waals surface area contributed by atoms with E-state index in [1.807, 2.05) is 6.92 Å². The number of nitrogens with two attached hydrogens (primary N) is 1. The maximum Gasteiger partial charge on any atom is 0.244 e. The molecule has 9 heteroatoms. The van der Waals surface area contributed by atoms with Gasteiger partial charge in [0.1, 0.15) is 0 Å². The second-order valence-electron chi connectivity index (χ2n) is 4.97. The van der Waals surface area contributed by atoms with E-state index in [0.29, 0.717) is 28.7 Å². The van der Waals surface area contributed by atoms with Crippen molar-refractivity contribution in [2.75, 3.05) is 31.5 Å². The third-order valence-electron chi connectivity index (χ3n) is 3.01. The zero-order chi connectivity index (χ0) is 18.1. The number of rotatable bonds is 8. The van der Waals surface area contributed by atoms with Gasteiger partial charge < -0.3 is 21.3 Å². The normalized spacial score (nSPS) is 10.2. The summed E-state index contributed by atoms with van der Waals surface area (Å²) in [4.78, 5) is 36.7. The molecule has 132 valence electrons. The quantitative estimate of drug-likeness (QED) is 0.636. The van der Waals surface area contributed by atoms with Crippen LogP contribution in [0.4, 0.5) is 5.69 Å². The monoisotopic (exact) mass is 374 g/mol. The molecule has 0 aliphatic heterocycles. The van der Waals surface area contributed by atoms with Crippen molar-refractivity contribution in [2.45, 2.75) is 13.3 Å². The van der Waals surface area contributed by atoms with Gasteiger partial charge >= 0.3 is 0 Å². The van der Waals surface area contributed by atoms with Crippen molar-refractivity contribution in [2.24, 2.45) is 5.73 Å². The van der Waals surface area contributed by atoms with Gasteiger partial charge in [-0.05, 0) is 24.6 Å². The van der Waals surface area contributed by atoms with E-state index < -0.39 is 11.8 Å². The van der Waals surface area contributed by atoms with Gasteiger partial charge in [-0.2, -0.15) is 0 Å². The first-order chi connectivity index (χ1) is 11.4. The molecule has 0 aliphatic carbocycles. The van der Waals surface area contributed by atoms with Crippen LogP contribution in [0.2, 0.25) is 10.0 Å². The van der Waals surface area contributed by atoms with Crippen LogP contribution < -0.4 is 16.4 Å². The van der Waals surface area contributed by atoms with Crippen molar-refractivity contribution in [1.29, 1.82) is 0 Å². The Balaban J connectivity index is 2.66. The number of carbonyl (C=O) groups excluding carboxylic acids is 3. The minimum Gasteiger partial charge on any atom is -0.346 e. The smallest absolute Gasteiger partial charge is 0.244 e. The molecule has 24 heavy (non-hydrogen) atoms.